The zero-order chi connectivity index (χ0) is 22.7. The molecule has 2 N–H and O–H groups in total. The second-order valence-electron chi connectivity index (χ2n) is 7.06. The van der Waals surface area contributed by atoms with Gasteiger partial charge in [0.2, 0.25) is 0 Å². The maximum absolute atomic E-state index is 12.7. The second-order valence-corrected chi connectivity index (χ2v) is 9.17. The van der Waals surface area contributed by atoms with Crippen LogP contribution in [0.2, 0.25) is 5.02 Å². The molecule has 0 saturated carbocycles. The molecule has 0 unspecified atom stereocenters. The highest BCUT2D eigenvalue weighted by atomic mass is 35.5. The van der Waals surface area contributed by atoms with E-state index in [9.17, 15) is 13.2 Å². The number of hydrogen-bond acceptors (Lipinski definition) is 4. The monoisotopic (exact) mass is 466 g/mol. The first kappa shape index (κ1) is 21.6. The van der Waals surface area contributed by atoms with Crippen LogP contribution in [0.15, 0.2) is 90.1 Å². The van der Waals surface area contributed by atoms with Crippen molar-refractivity contribution in [1.82, 2.24) is 9.78 Å². The van der Waals surface area contributed by atoms with Crippen LogP contribution < -0.4 is 10.0 Å². The average molecular weight is 467 g/mol. The highest BCUT2D eigenvalue weighted by molar-refractivity contribution is 7.92. The molecule has 0 aliphatic rings. The van der Waals surface area contributed by atoms with Gasteiger partial charge in [-0.3, -0.25) is 9.52 Å². The summed E-state index contributed by atoms with van der Waals surface area (Å²) < 4.78 is 29.4. The topological polar surface area (TPSA) is 93.1 Å². The van der Waals surface area contributed by atoms with Crippen LogP contribution in [0, 0.1) is 6.92 Å². The Balaban J connectivity index is 1.52. The van der Waals surface area contributed by atoms with Crippen molar-refractivity contribution in [1.29, 1.82) is 0 Å². The third kappa shape index (κ3) is 4.82. The third-order valence-corrected chi connectivity index (χ3v) is 6.33. The molecule has 162 valence electrons. The number of carbonyl (C=O) groups excluding carboxylic acids is 1. The quantitative estimate of drug-likeness (QED) is 0.423. The molecule has 0 radical (unpaired) electrons. The lowest BCUT2D eigenvalue weighted by atomic mass is 10.2. The summed E-state index contributed by atoms with van der Waals surface area (Å²) in [6.45, 7) is 1.78. The normalized spacial score (nSPS) is 11.2. The summed E-state index contributed by atoms with van der Waals surface area (Å²) in [7, 11) is -3.75. The minimum Gasteiger partial charge on any atom is -0.322 e. The van der Waals surface area contributed by atoms with Crippen molar-refractivity contribution in [2.45, 2.75) is 11.8 Å². The van der Waals surface area contributed by atoms with Crippen LogP contribution in [0.1, 0.15) is 15.9 Å². The standard InChI is InChI=1S/C23H19ClN4O3S/c1-16-10-11-19(13-22(16)27-32(30,31)21-8-3-2-4-9-21)26-23(29)17-14-25-28(15-17)20-7-5-6-18(24)12-20/h2-15,27H,1H3,(H,26,29). The summed E-state index contributed by atoms with van der Waals surface area (Å²) in [5.41, 5.74) is 2.61. The number of aromatic nitrogens is 2. The van der Waals surface area contributed by atoms with Crippen molar-refractivity contribution in [2.24, 2.45) is 0 Å². The van der Waals surface area contributed by atoms with Crippen LogP contribution in [-0.4, -0.2) is 24.1 Å². The van der Waals surface area contributed by atoms with Gasteiger partial charge < -0.3 is 5.32 Å². The van der Waals surface area contributed by atoms with Gasteiger partial charge in [-0.15, -0.1) is 0 Å². The number of carbonyl (C=O) groups is 1. The van der Waals surface area contributed by atoms with Crippen molar-refractivity contribution in [3.05, 3.63) is 101 Å². The number of hydrogen-bond donors (Lipinski definition) is 2. The van der Waals surface area contributed by atoms with Crippen LogP contribution in [0.4, 0.5) is 11.4 Å². The highest BCUT2D eigenvalue weighted by Crippen LogP contribution is 2.24. The van der Waals surface area contributed by atoms with E-state index in [-0.39, 0.29) is 10.8 Å². The molecule has 0 fully saturated rings. The first-order valence-electron chi connectivity index (χ1n) is 9.62. The molecule has 0 atom stereocenters. The fourth-order valence-electron chi connectivity index (χ4n) is 3.02. The molecule has 4 aromatic rings. The van der Waals surface area contributed by atoms with Gasteiger partial charge in [-0.25, -0.2) is 13.1 Å². The molecule has 0 saturated heterocycles. The third-order valence-electron chi connectivity index (χ3n) is 4.71. The SMILES string of the molecule is Cc1ccc(NC(=O)c2cnn(-c3cccc(Cl)c3)c2)cc1NS(=O)(=O)c1ccccc1. The summed E-state index contributed by atoms with van der Waals surface area (Å²) in [6, 6.07) is 20.2. The van der Waals surface area contributed by atoms with Gasteiger partial charge in [0, 0.05) is 16.9 Å². The lowest BCUT2D eigenvalue weighted by Gasteiger charge is -2.13. The molecular weight excluding hydrogens is 448 g/mol. The van der Waals surface area contributed by atoms with Gasteiger partial charge in [-0.1, -0.05) is 41.9 Å². The van der Waals surface area contributed by atoms with E-state index in [1.165, 1.54) is 18.3 Å². The van der Waals surface area contributed by atoms with Crippen molar-refractivity contribution >= 4 is 38.9 Å². The molecule has 7 nitrogen and oxygen atoms in total. The summed E-state index contributed by atoms with van der Waals surface area (Å²) in [5, 5.41) is 7.55. The molecule has 0 bridgehead atoms. The minimum absolute atomic E-state index is 0.155. The number of halogens is 1. The summed E-state index contributed by atoms with van der Waals surface area (Å²) in [5.74, 6) is -0.376. The number of aryl methyl sites for hydroxylation is 1. The molecule has 0 aliphatic carbocycles. The summed E-state index contributed by atoms with van der Waals surface area (Å²) in [4.78, 5) is 12.9. The fraction of sp³-hybridized carbons (Fsp3) is 0.0435. The molecule has 1 amide bonds. The number of anilines is 2. The Morgan fingerprint density at radius 2 is 1.78 bits per heavy atom. The van der Waals surface area contributed by atoms with Crippen LogP contribution >= 0.6 is 11.6 Å². The van der Waals surface area contributed by atoms with Gasteiger partial charge in [0.1, 0.15) is 0 Å². The van der Waals surface area contributed by atoms with Gasteiger partial charge in [0.15, 0.2) is 0 Å². The van der Waals surface area contributed by atoms with E-state index in [4.69, 9.17) is 11.6 Å². The molecular formula is C23H19ClN4O3S. The Labute approximate surface area is 190 Å². The Morgan fingerprint density at radius 3 is 2.53 bits per heavy atom. The fourth-order valence-corrected chi connectivity index (χ4v) is 4.34. The average Bonchev–Trinajstić information content (AvgIpc) is 3.27. The molecule has 32 heavy (non-hydrogen) atoms. The Kier molecular flexibility index (Phi) is 5.98. The molecule has 9 heteroatoms. The minimum atomic E-state index is -3.75. The van der Waals surface area contributed by atoms with Gasteiger partial charge >= 0.3 is 0 Å². The zero-order valence-electron chi connectivity index (χ0n) is 17.0. The first-order chi connectivity index (χ1) is 15.3. The molecule has 1 aromatic heterocycles. The molecule has 3 aromatic carbocycles. The lowest BCUT2D eigenvalue weighted by Crippen LogP contribution is -2.15. The number of nitrogens with zero attached hydrogens (tertiary/aromatic N) is 2. The maximum atomic E-state index is 12.7. The van der Waals surface area contributed by atoms with Crippen LogP contribution in [0.25, 0.3) is 5.69 Å². The van der Waals surface area contributed by atoms with Crippen molar-refractivity contribution in [3.63, 3.8) is 0 Å². The van der Waals surface area contributed by atoms with Gasteiger partial charge in [0.25, 0.3) is 15.9 Å². The smallest absolute Gasteiger partial charge is 0.261 e. The zero-order valence-corrected chi connectivity index (χ0v) is 18.6. The van der Waals surface area contributed by atoms with Gasteiger partial charge in [-0.2, -0.15) is 5.10 Å². The molecule has 1 heterocycles. The van der Waals surface area contributed by atoms with Crippen molar-refractivity contribution in [3.8, 4) is 5.69 Å². The molecule has 4 rings (SSSR count). The lowest BCUT2D eigenvalue weighted by molar-refractivity contribution is 0.102. The predicted octanol–water partition coefficient (Wildman–Crippen LogP) is 4.89. The van der Waals surface area contributed by atoms with E-state index in [0.29, 0.717) is 22.0 Å². The van der Waals surface area contributed by atoms with Gasteiger partial charge in [0.05, 0.1) is 28.0 Å². The number of sulfonamides is 1. The van der Waals surface area contributed by atoms with E-state index < -0.39 is 10.0 Å². The van der Waals surface area contributed by atoms with E-state index >= 15 is 0 Å². The van der Waals surface area contributed by atoms with Crippen LogP contribution in [0.5, 0.6) is 0 Å². The largest absolute Gasteiger partial charge is 0.322 e. The Morgan fingerprint density at radius 1 is 1.00 bits per heavy atom. The summed E-state index contributed by atoms with van der Waals surface area (Å²) in [6.07, 6.45) is 3.04. The first-order valence-corrected chi connectivity index (χ1v) is 11.5. The van der Waals surface area contributed by atoms with E-state index in [1.54, 1.807) is 72.4 Å². The predicted molar refractivity (Wildman–Crippen MR) is 125 cm³/mol. The van der Waals surface area contributed by atoms with Crippen LogP contribution in [-0.2, 0) is 10.0 Å². The molecule has 0 spiro atoms. The number of benzene rings is 3. The van der Waals surface area contributed by atoms with Gasteiger partial charge in [-0.05, 0) is 55.0 Å². The van der Waals surface area contributed by atoms with E-state index in [2.05, 4.69) is 15.1 Å². The second kappa shape index (κ2) is 8.86. The van der Waals surface area contributed by atoms with Crippen molar-refractivity contribution < 1.29 is 13.2 Å². The van der Waals surface area contributed by atoms with Crippen molar-refractivity contribution in [2.75, 3.05) is 10.0 Å². The Bertz CT molecular complexity index is 1390. The number of amides is 1. The molecule has 0 aliphatic heterocycles. The van der Waals surface area contributed by atoms with Crippen LogP contribution in [0.3, 0.4) is 0 Å². The Hall–Kier alpha value is -3.62. The number of rotatable bonds is 6. The van der Waals surface area contributed by atoms with E-state index in [1.807, 2.05) is 6.07 Å². The summed E-state index contributed by atoms with van der Waals surface area (Å²) >= 11 is 6.01. The highest BCUT2D eigenvalue weighted by Gasteiger charge is 2.16. The number of nitrogens with one attached hydrogen (secondary N) is 2. The van der Waals surface area contributed by atoms with E-state index in [0.717, 1.165) is 11.3 Å². The maximum Gasteiger partial charge on any atom is 0.261 e.